The number of hydrogen-bond acceptors (Lipinski definition) is 3. The van der Waals surface area contributed by atoms with Crippen molar-refractivity contribution in [2.24, 2.45) is 11.7 Å². The van der Waals surface area contributed by atoms with E-state index < -0.39 is 0 Å². The van der Waals surface area contributed by atoms with Crippen molar-refractivity contribution >= 4 is 0 Å². The van der Waals surface area contributed by atoms with E-state index >= 15 is 0 Å². The van der Waals surface area contributed by atoms with Crippen LogP contribution in [0.25, 0.3) is 0 Å². The van der Waals surface area contributed by atoms with Gasteiger partial charge in [0.2, 0.25) is 0 Å². The number of fused-ring (bicyclic) bond motifs is 1. The van der Waals surface area contributed by atoms with Crippen LogP contribution in [0, 0.1) is 5.92 Å². The molecule has 0 amide bonds. The fourth-order valence-electron chi connectivity index (χ4n) is 2.73. The Kier molecular flexibility index (Phi) is 3.17. The highest BCUT2D eigenvalue weighted by Crippen LogP contribution is 2.40. The minimum Gasteiger partial charge on any atom is -0.493 e. The standard InChI is InChI=1S/C16H23NO2/c1-16(2)10-14(17)13-6-5-12(9-15(13)19-16)18-8-7-11-3-4-11/h5-6,9,11,14H,3-4,7-8,10,17H2,1-2H3. The van der Waals surface area contributed by atoms with Gasteiger partial charge in [0.25, 0.3) is 0 Å². The van der Waals surface area contributed by atoms with Crippen molar-refractivity contribution in [2.75, 3.05) is 6.61 Å². The average Bonchev–Trinajstić information content (AvgIpc) is 3.11. The van der Waals surface area contributed by atoms with Crippen LogP contribution in [-0.4, -0.2) is 12.2 Å². The molecular formula is C16H23NO2. The van der Waals surface area contributed by atoms with E-state index in [1.54, 1.807) is 0 Å². The van der Waals surface area contributed by atoms with E-state index in [0.717, 1.165) is 36.0 Å². The van der Waals surface area contributed by atoms with E-state index in [-0.39, 0.29) is 11.6 Å². The number of rotatable bonds is 4. The van der Waals surface area contributed by atoms with Crippen LogP contribution in [0.15, 0.2) is 18.2 Å². The van der Waals surface area contributed by atoms with Crippen molar-refractivity contribution in [1.29, 1.82) is 0 Å². The predicted molar refractivity (Wildman–Crippen MR) is 75.5 cm³/mol. The quantitative estimate of drug-likeness (QED) is 0.903. The summed E-state index contributed by atoms with van der Waals surface area (Å²) in [4.78, 5) is 0. The molecule has 2 N–H and O–H groups in total. The van der Waals surface area contributed by atoms with Crippen LogP contribution in [0.2, 0.25) is 0 Å². The van der Waals surface area contributed by atoms with Gasteiger partial charge < -0.3 is 15.2 Å². The first kappa shape index (κ1) is 12.8. The highest BCUT2D eigenvalue weighted by molar-refractivity contribution is 5.44. The largest absolute Gasteiger partial charge is 0.493 e. The molecule has 0 spiro atoms. The van der Waals surface area contributed by atoms with Crippen LogP contribution < -0.4 is 15.2 Å². The molecule has 3 rings (SSSR count). The zero-order valence-corrected chi connectivity index (χ0v) is 11.8. The lowest BCUT2D eigenvalue weighted by molar-refractivity contribution is 0.0724. The number of nitrogens with two attached hydrogens (primary N) is 1. The van der Waals surface area contributed by atoms with Gasteiger partial charge in [0.1, 0.15) is 17.1 Å². The van der Waals surface area contributed by atoms with Crippen LogP contribution in [0.5, 0.6) is 11.5 Å². The predicted octanol–water partition coefficient (Wildman–Crippen LogP) is 3.43. The molecule has 19 heavy (non-hydrogen) atoms. The Morgan fingerprint density at radius 3 is 2.89 bits per heavy atom. The normalized spacial score (nSPS) is 24.5. The molecule has 1 unspecified atom stereocenters. The first-order valence-corrected chi connectivity index (χ1v) is 7.25. The van der Waals surface area contributed by atoms with Crippen LogP contribution in [0.1, 0.15) is 51.1 Å². The van der Waals surface area contributed by atoms with Crippen LogP contribution in [-0.2, 0) is 0 Å². The maximum Gasteiger partial charge on any atom is 0.128 e. The summed E-state index contributed by atoms with van der Waals surface area (Å²) < 4.78 is 11.8. The van der Waals surface area contributed by atoms with Crippen LogP contribution in [0.4, 0.5) is 0 Å². The molecule has 104 valence electrons. The zero-order chi connectivity index (χ0) is 13.5. The smallest absolute Gasteiger partial charge is 0.128 e. The molecule has 1 aliphatic heterocycles. The molecule has 0 aromatic heterocycles. The van der Waals surface area contributed by atoms with Crippen molar-refractivity contribution in [2.45, 2.75) is 51.2 Å². The molecule has 1 fully saturated rings. The Balaban J connectivity index is 1.70. The molecular weight excluding hydrogens is 238 g/mol. The summed E-state index contributed by atoms with van der Waals surface area (Å²) >= 11 is 0. The fourth-order valence-corrected chi connectivity index (χ4v) is 2.73. The minimum atomic E-state index is -0.195. The molecule has 1 aromatic rings. The molecule has 0 radical (unpaired) electrons. The van der Waals surface area contributed by atoms with E-state index in [2.05, 4.69) is 13.8 Å². The van der Waals surface area contributed by atoms with Crippen LogP contribution >= 0.6 is 0 Å². The second kappa shape index (κ2) is 4.71. The Morgan fingerprint density at radius 2 is 2.16 bits per heavy atom. The third-order valence-electron chi connectivity index (χ3n) is 3.97. The Labute approximate surface area is 115 Å². The molecule has 1 aliphatic carbocycles. The third kappa shape index (κ3) is 3.03. The summed E-state index contributed by atoms with van der Waals surface area (Å²) in [6.45, 7) is 4.96. The zero-order valence-electron chi connectivity index (χ0n) is 11.8. The molecule has 3 heteroatoms. The number of benzene rings is 1. The van der Waals surface area contributed by atoms with Gasteiger partial charge in [-0.1, -0.05) is 18.9 Å². The van der Waals surface area contributed by atoms with Gasteiger partial charge in [-0.3, -0.25) is 0 Å². The topological polar surface area (TPSA) is 44.5 Å². The van der Waals surface area contributed by atoms with E-state index in [0.29, 0.717) is 0 Å². The Hall–Kier alpha value is -1.22. The second-order valence-corrected chi connectivity index (χ2v) is 6.45. The molecule has 1 aromatic carbocycles. The monoisotopic (exact) mass is 261 g/mol. The number of hydrogen-bond donors (Lipinski definition) is 1. The summed E-state index contributed by atoms with van der Waals surface area (Å²) in [5.74, 6) is 2.68. The van der Waals surface area contributed by atoms with Crippen LogP contribution in [0.3, 0.4) is 0 Å². The molecule has 0 bridgehead atoms. The summed E-state index contributed by atoms with van der Waals surface area (Å²) in [5, 5.41) is 0. The second-order valence-electron chi connectivity index (χ2n) is 6.45. The molecule has 1 heterocycles. The van der Waals surface area contributed by atoms with Gasteiger partial charge in [-0.25, -0.2) is 0 Å². The van der Waals surface area contributed by atoms with Gasteiger partial charge in [0.15, 0.2) is 0 Å². The third-order valence-corrected chi connectivity index (χ3v) is 3.97. The van der Waals surface area contributed by atoms with Gasteiger partial charge in [0, 0.05) is 24.1 Å². The van der Waals surface area contributed by atoms with E-state index in [1.165, 1.54) is 19.3 Å². The lowest BCUT2D eigenvalue weighted by atomic mass is 9.90. The number of ether oxygens (including phenoxy) is 2. The Bertz CT molecular complexity index is 466. The SMILES string of the molecule is CC1(C)CC(N)c2ccc(OCCC3CC3)cc2O1. The maximum atomic E-state index is 6.20. The molecule has 1 saturated carbocycles. The highest BCUT2D eigenvalue weighted by Gasteiger charge is 2.32. The summed E-state index contributed by atoms with van der Waals surface area (Å²) in [6, 6.07) is 6.09. The van der Waals surface area contributed by atoms with Gasteiger partial charge in [0.05, 0.1) is 6.61 Å². The van der Waals surface area contributed by atoms with Crippen molar-refractivity contribution in [3.8, 4) is 11.5 Å². The first-order valence-electron chi connectivity index (χ1n) is 7.25. The van der Waals surface area contributed by atoms with E-state index in [1.807, 2.05) is 18.2 Å². The summed E-state index contributed by atoms with van der Waals surface area (Å²) in [5.41, 5.74) is 7.10. The summed E-state index contributed by atoms with van der Waals surface area (Å²) in [7, 11) is 0. The maximum absolute atomic E-state index is 6.20. The van der Waals surface area contributed by atoms with Gasteiger partial charge in [-0.05, 0) is 32.3 Å². The fraction of sp³-hybridized carbons (Fsp3) is 0.625. The highest BCUT2D eigenvalue weighted by atomic mass is 16.5. The molecule has 3 nitrogen and oxygen atoms in total. The van der Waals surface area contributed by atoms with E-state index in [9.17, 15) is 0 Å². The van der Waals surface area contributed by atoms with Crippen molar-refractivity contribution in [3.63, 3.8) is 0 Å². The summed E-state index contributed by atoms with van der Waals surface area (Å²) in [6.07, 6.45) is 4.77. The average molecular weight is 261 g/mol. The molecule has 1 atom stereocenters. The first-order chi connectivity index (χ1) is 9.03. The van der Waals surface area contributed by atoms with Crippen molar-refractivity contribution in [3.05, 3.63) is 23.8 Å². The Morgan fingerprint density at radius 1 is 1.37 bits per heavy atom. The molecule has 2 aliphatic rings. The molecule has 0 saturated heterocycles. The lowest BCUT2D eigenvalue weighted by Gasteiger charge is -2.36. The van der Waals surface area contributed by atoms with Crippen molar-refractivity contribution < 1.29 is 9.47 Å². The van der Waals surface area contributed by atoms with Crippen molar-refractivity contribution in [1.82, 2.24) is 0 Å². The lowest BCUT2D eigenvalue weighted by Crippen LogP contribution is -2.37. The van der Waals surface area contributed by atoms with Gasteiger partial charge >= 0.3 is 0 Å². The minimum absolute atomic E-state index is 0.0549. The van der Waals surface area contributed by atoms with E-state index in [4.69, 9.17) is 15.2 Å². The van der Waals surface area contributed by atoms with Gasteiger partial charge in [-0.2, -0.15) is 0 Å². The van der Waals surface area contributed by atoms with Gasteiger partial charge in [-0.15, -0.1) is 0 Å².